The molecule has 0 bridgehead atoms. The molecule has 0 spiro atoms. The second kappa shape index (κ2) is 6.68. The highest BCUT2D eigenvalue weighted by molar-refractivity contribution is 5.84. The van der Waals surface area contributed by atoms with Gasteiger partial charge in [-0.15, -0.1) is 0 Å². The van der Waals surface area contributed by atoms with Gasteiger partial charge in [0.15, 0.2) is 0 Å². The Balaban J connectivity index is 2.63. The SMILES string of the molecule is CCN1CCN(CC(C)(NC(C)C)C(N)=O)CC1C. The number of nitrogens with zero attached hydrogens (tertiary/aromatic N) is 2. The number of likely N-dealkylation sites (N-methyl/N-ethyl adjacent to an activating group) is 1. The zero-order valence-electron chi connectivity index (χ0n) is 13.1. The molecule has 1 aliphatic heterocycles. The number of rotatable bonds is 6. The zero-order valence-corrected chi connectivity index (χ0v) is 13.1. The van der Waals surface area contributed by atoms with Crippen LogP contribution in [-0.4, -0.2) is 66.1 Å². The van der Waals surface area contributed by atoms with Crippen molar-refractivity contribution in [3.8, 4) is 0 Å². The third kappa shape index (κ3) is 4.44. The van der Waals surface area contributed by atoms with Crippen LogP contribution in [0.15, 0.2) is 0 Å². The molecule has 0 saturated carbocycles. The Morgan fingerprint density at radius 1 is 1.47 bits per heavy atom. The molecule has 5 heteroatoms. The predicted molar refractivity (Wildman–Crippen MR) is 79.0 cm³/mol. The molecule has 19 heavy (non-hydrogen) atoms. The molecule has 3 N–H and O–H groups in total. The van der Waals surface area contributed by atoms with Gasteiger partial charge >= 0.3 is 0 Å². The summed E-state index contributed by atoms with van der Waals surface area (Å²) in [5.41, 5.74) is 4.94. The van der Waals surface area contributed by atoms with E-state index in [1.165, 1.54) is 0 Å². The largest absolute Gasteiger partial charge is 0.368 e. The van der Waals surface area contributed by atoms with Gasteiger partial charge in [-0.1, -0.05) is 6.92 Å². The van der Waals surface area contributed by atoms with Crippen LogP contribution in [0.1, 0.15) is 34.6 Å². The summed E-state index contributed by atoms with van der Waals surface area (Å²) >= 11 is 0. The molecule has 112 valence electrons. The van der Waals surface area contributed by atoms with Crippen LogP contribution in [0.5, 0.6) is 0 Å². The second-order valence-electron chi connectivity index (χ2n) is 6.21. The molecule has 1 aliphatic rings. The maximum absolute atomic E-state index is 11.8. The average molecular weight is 270 g/mol. The number of carbonyl (C=O) groups is 1. The van der Waals surface area contributed by atoms with Gasteiger partial charge in [0.2, 0.25) is 5.91 Å². The second-order valence-corrected chi connectivity index (χ2v) is 6.21. The van der Waals surface area contributed by atoms with Gasteiger partial charge in [-0.25, -0.2) is 0 Å². The number of piperazine rings is 1. The molecule has 0 aliphatic carbocycles. The Kier molecular flexibility index (Phi) is 5.77. The van der Waals surface area contributed by atoms with E-state index in [4.69, 9.17) is 5.73 Å². The Bertz CT molecular complexity index is 308. The predicted octanol–water partition coefficient (Wildman–Crippen LogP) is 0.254. The van der Waals surface area contributed by atoms with E-state index in [1.807, 2.05) is 20.8 Å². The summed E-state index contributed by atoms with van der Waals surface area (Å²) < 4.78 is 0. The molecule has 1 fully saturated rings. The number of hydrogen-bond donors (Lipinski definition) is 2. The quantitative estimate of drug-likeness (QED) is 0.726. The van der Waals surface area contributed by atoms with Gasteiger partial charge in [0, 0.05) is 38.3 Å². The molecule has 2 unspecified atom stereocenters. The molecule has 0 aromatic carbocycles. The molecule has 5 nitrogen and oxygen atoms in total. The molecule has 1 heterocycles. The number of primary amides is 1. The van der Waals surface area contributed by atoms with Crippen molar-refractivity contribution >= 4 is 5.91 Å². The topological polar surface area (TPSA) is 61.6 Å². The van der Waals surface area contributed by atoms with E-state index >= 15 is 0 Å². The van der Waals surface area contributed by atoms with E-state index in [0.717, 1.165) is 26.2 Å². The van der Waals surface area contributed by atoms with Gasteiger partial charge in [-0.3, -0.25) is 14.6 Å². The summed E-state index contributed by atoms with van der Waals surface area (Å²) in [5.74, 6) is -0.272. The monoisotopic (exact) mass is 270 g/mol. The van der Waals surface area contributed by atoms with Gasteiger partial charge in [0.05, 0.1) is 0 Å². The maximum atomic E-state index is 11.8. The molecular weight excluding hydrogens is 240 g/mol. The van der Waals surface area contributed by atoms with Crippen molar-refractivity contribution in [2.75, 3.05) is 32.7 Å². The van der Waals surface area contributed by atoms with Crippen LogP contribution in [0.4, 0.5) is 0 Å². The number of nitrogens with two attached hydrogens (primary N) is 1. The van der Waals surface area contributed by atoms with E-state index < -0.39 is 5.54 Å². The normalized spacial score (nSPS) is 25.5. The maximum Gasteiger partial charge on any atom is 0.238 e. The van der Waals surface area contributed by atoms with Gasteiger partial charge in [-0.05, 0) is 34.2 Å². The molecule has 0 radical (unpaired) electrons. The lowest BCUT2D eigenvalue weighted by Gasteiger charge is -2.43. The van der Waals surface area contributed by atoms with E-state index in [1.54, 1.807) is 0 Å². The third-order valence-electron chi connectivity index (χ3n) is 3.95. The summed E-state index contributed by atoms with van der Waals surface area (Å²) in [4.78, 5) is 16.6. The molecule has 2 atom stereocenters. The highest BCUT2D eigenvalue weighted by atomic mass is 16.1. The van der Waals surface area contributed by atoms with Crippen LogP contribution in [0.3, 0.4) is 0 Å². The zero-order chi connectivity index (χ0) is 14.6. The van der Waals surface area contributed by atoms with E-state index in [-0.39, 0.29) is 11.9 Å². The fourth-order valence-corrected chi connectivity index (χ4v) is 2.96. The van der Waals surface area contributed by atoms with Crippen LogP contribution in [-0.2, 0) is 4.79 Å². The minimum Gasteiger partial charge on any atom is -0.368 e. The highest BCUT2D eigenvalue weighted by Crippen LogP contribution is 2.14. The van der Waals surface area contributed by atoms with E-state index in [2.05, 4.69) is 29.0 Å². The lowest BCUT2D eigenvalue weighted by Crippen LogP contribution is -2.64. The Morgan fingerprint density at radius 2 is 2.11 bits per heavy atom. The standard InChI is InChI=1S/C14H30N4O/c1-6-18-8-7-17(9-12(18)4)10-14(5,13(15)19)16-11(2)3/h11-12,16H,6-10H2,1-5H3,(H2,15,19). The lowest BCUT2D eigenvalue weighted by molar-refractivity contribution is -0.125. The van der Waals surface area contributed by atoms with Crippen molar-refractivity contribution in [3.63, 3.8) is 0 Å². The number of hydrogen-bond acceptors (Lipinski definition) is 4. The van der Waals surface area contributed by atoms with Gasteiger partial charge in [0.1, 0.15) is 5.54 Å². The van der Waals surface area contributed by atoms with Gasteiger partial charge in [-0.2, -0.15) is 0 Å². The van der Waals surface area contributed by atoms with Crippen LogP contribution in [0.25, 0.3) is 0 Å². The van der Waals surface area contributed by atoms with E-state index in [9.17, 15) is 4.79 Å². The summed E-state index contributed by atoms with van der Waals surface area (Å²) in [5, 5.41) is 3.31. The van der Waals surface area contributed by atoms with E-state index in [0.29, 0.717) is 12.6 Å². The molecule has 1 amide bonds. The number of carbonyl (C=O) groups excluding carboxylic acids is 1. The van der Waals surface area contributed by atoms with Crippen LogP contribution in [0, 0.1) is 0 Å². The van der Waals surface area contributed by atoms with Crippen molar-refractivity contribution in [1.82, 2.24) is 15.1 Å². The first-order valence-corrected chi connectivity index (χ1v) is 7.32. The highest BCUT2D eigenvalue weighted by Gasteiger charge is 2.35. The van der Waals surface area contributed by atoms with Crippen LogP contribution in [0.2, 0.25) is 0 Å². The fourth-order valence-electron chi connectivity index (χ4n) is 2.96. The fraction of sp³-hybridized carbons (Fsp3) is 0.929. The molecule has 1 saturated heterocycles. The van der Waals surface area contributed by atoms with Crippen molar-refractivity contribution < 1.29 is 4.79 Å². The minimum absolute atomic E-state index is 0.242. The van der Waals surface area contributed by atoms with Gasteiger partial charge in [0.25, 0.3) is 0 Å². The first-order chi connectivity index (χ1) is 8.78. The summed E-state index contributed by atoms with van der Waals surface area (Å²) in [7, 11) is 0. The van der Waals surface area contributed by atoms with Crippen molar-refractivity contribution in [1.29, 1.82) is 0 Å². The Hall–Kier alpha value is -0.650. The number of amides is 1. The summed E-state index contributed by atoms with van der Waals surface area (Å²) in [6, 6.07) is 0.779. The van der Waals surface area contributed by atoms with Crippen LogP contribution >= 0.6 is 0 Å². The van der Waals surface area contributed by atoms with Crippen molar-refractivity contribution in [3.05, 3.63) is 0 Å². The summed E-state index contributed by atoms with van der Waals surface area (Å²) in [6.45, 7) is 15.3. The summed E-state index contributed by atoms with van der Waals surface area (Å²) in [6.07, 6.45) is 0. The average Bonchev–Trinajstić information content (AvgIpc) is 2.27. The Labute approximate surface area is 117 Å². The van der Waals surface area contributed by atoms with Crippen molar-refractivity contribution in [2.45, 2.75) is 52.2 Å². The smallest absolute Gasteiger partial charge is 0.238 e. The van der Waals surface area contributed by atoms with Gasteiger partial charge < -0.3 is 11.1 Å². The molecule has 1 rings (SSSR count). The first-order valence-electron chi connectivity index (χ1n) is 7.32. The Morgan fingerprint density at radius 3 is 2.53 bits per heavy atom. The third-order valence-corrected chi connectivity index (χ3v) is 3.95. The minimum atomic E-state index is -0.651. The number of nitrogens with one attached hydrogen (secondary N) is 1. The van der Waals surface area contributed by atoms with Crippen molar-refractivity contribution in [2.24, 2.45) is 5.73 Å². The first kappa shape index (κ1) is 16.4. The van der Waals surface area contributed by atoms with Crippen LogP contribution < -0.4 is 11.1 Å². The molecule has 0 aromatic heterocycles. The lowest BCUT2D eigenvalue weighted by atomic mass is 9.98. The molecule has 0 aromatic rings. The molecular formula is C14H30N4O.